The first-order valence-corrected chi connectivity index (χ1v) is 6.65. The van der Waals surface area contributed by atoms with Crippen molar-refractivity contribution in [3.05, 3.63) is 0 Å². The Kier molecular flexibility index (Phi) is 2.50. The highest BCUT2D eigenvalue weighted by molar-refractivity contribution is 9.09. The smallest absolute Gasteiger partial charge is 0.157 e. The fourth-order valence-electron chi connectivity index (χ4n) is 3.11. The van der Waals surface area contributed by atoms with Gasteiger partial charge in [0.05, 0.1) is 5.38 Å². The van der Waals surface area contributed by atoms with Crippen LogP contribution in [0, 0.1) is 16.7 Å². The second kappa shape index (κ2) is 3.11. The number of carbonyl (C=O) groups is 1. The Hall–Kier alpha value is 0.730. The van der Waals surface area contributed by atoms with Gasteiger partial charge in [0, 0.05) is 22.0 Å². The summed E-state index contributed by atoms with van der Waals surface area (Å²) in [6.45, 7) is 4.10. The van der Waals surface area contributed by atoms with Gasteiger partial charge in [-0.1, -0.05) is 29.8 Å². The van der Waals surface area contributed by atoms with E-state index in [9.17, 15) is 4.79 Å². The third-order valence-electron chi connectivity index (χ3n) is 4.38. The van der Waals surface area contributed by atoms with E-state index < -0.39 is 0 Å². The van der Waals surface area contributed by atoms with Gasteiger partial charge in [-0.2, -0.15) is 0 Å². The molecule has 2 aliphatic carbocycles. The van der Waals surface area contributed by atoms with Crippen molar-refractivity contribution in [3.63, 3.8) is 0 Å². The summed E-state index contributed by atoms with van der Waals surface area (Å²) < 4.78 is 0. The number of carbonyl (C=O) groups excluding carboxylic acids is 1. The maximum Gasteiger partial charge on any atom is 0.157 e. The molecule has 0 aliphatic heterocycles. The fraction of sp³-hybridized carbons (Fsp3) is 0.900. The van der Waals surface area contributed by atoms with Crippen LogP contribution in [0.1, 0.15) is 20.3 Å². The Morgan fingerprint density at radius 1 is 1.57 bits per heavy atom. The number of alkyl halides is 3. The average molecular weight is 300 g/mol. The predicted molar refractivity (Wildman–Crippen MR) is 62.4 cm³/mol. The standard InChI is InChI=1S/C10H13BrCl2O/c1-9-3-5(11)6(7(13)8(9)14)10(9,2)4-12/h5-7H,3-4H2,1-2H3. The van der Waals surface area contributed by atoms with Gasteiger partial charge in [-0.3, -0.25) is 4.79 Å². The van der Waals surface area contributed by atoms with Crippen LogP contribution >= 0.6 is 39.1 Å². The van der Waals surface area contributed by atoms with Crippen LogP contribution in [0.25, 0.3) is 0 Å². The summed E-state index contributed by atoms with van der Waals surface area (Å²) in [5.41, 5.74) is -0.480. The molecule has 0 radical (unpaired) electrons. The molecular weight excluding hydrogens is 287 g/mol. The summed E-state index contributed by atoms with van der Waals surface area (Å²) in [4.78, 5) is 12.3. The van der Waals surface area contributed by atoms with E-state index in [1.807, 2.05) is 6.92 Å². The molecule has 0 amide bonds. The second-order valence-corrected chi connectivity index (χ2v) is 6.81. The second-order valence-electron chi connectivity index (χ2n) is 4.90. The highest BCUT2D eigenvalue weighted by Gasteiger charge is 2.70. The van der Waals surface area contributed by atoms with Gasteiger partial charge in [0.25, 0.3) is 0 Å². The molecule has 5 unspecified atom stereocenters. The molecule has 0 N–H and O–H groups in total. The van der Waals surface area contributed by atoms with Crippen LogP contribution < -0.4 is 0 Å². The average Bonchev–Trinajstić information content (AvgIpc) is 2.40. The molecular formula is C10H13BrCl2O. The van der Waals surface area contributed by atoms with Gasteiger partial charge in [-0.25, -0.2) is 0 Å². The monoisotopic (exact) mass is 298 g/mol. The minimum Gasteiger partial charge on any atom is -0.297 e. The Bertz CT molecular complexity index is 296. The summed E-state index contributed by atoms with van der Waals surface area (Å²) in [5, 5.41) is -0.359. The topological polar surface area (TPSA) is 17.1 Å². The van der Waals surface area contributed by atoms with Crippen LogP contribution in [0.5, 0.6) is 0 Å². The summed E-state index contributed by atoms with van der Waals surface area (Å²) in [6, 6.07) is 0. The van der Waals surface area contributed by atoms with Crippen molar-refractivity contribution in [1.29, 1.82) is 0 Å². The van der Waals surface area contributed by atoms with Gasteiger partial charge < -0.3 is 0 Å². The first kappa shape index (κ1) is 11.2. The summed E-state index contributed by atoms with van der Waals surface area (Å²) >= 11 is 15.8. The van der Waals surface area contributed by atoms with E-state index in [1.165, 1.54) is 0 Å². The molecule has 2 fully saturated rings. The Balaban J connectivity index is 2.52. The molecule has 80 valence electrons. The van der Waals surface area contributed by atoms with Crippen molar-refractivity contribution in [1.82, 2.24) is 0 Å². The number of ketones is 1. The summed E-state index contributed by atoms with van der Waals surface area (Å²) in [7, 11) is 0. The largest absolute Gasteiger partial charge is 0.297 e. The van der Waals surface area contributed by atoms with Crippen LogP contribution in [-0.4, -0.2) is 21.9 Å². The molecule has 0 aromatic carbocycles. The van der Waals surface area contributed by atoms with E-state index in [0.717, 1.165) is 6.42 Å². The Morgan fingerprint density at radius 3 is 2.50 bits per heavy atom. The highest BCUT2D eigenvalue weighted by atomic mass is 79.9. The predicted octanol–water partition coefficient (Wildman–Crippen LogP) is 3.21. The van der Waals surface area contributed by atoms with Crippen molar-refractivity contribution in [2.45, 2.75) is 30.5 Å². The first-order valence-electron chi connectivity index (χ1n) is 4.77. The minimum absolute atomic E-state index is 0.147. The van der Waals surface area contributed by atoms with Gasteiger partial charge in [-0.15, -0.1) is 23.2 Å². The van der Waals surface area contributed by atoms with Crippen LogP contribution in [0.2, 0.25) is 0 Å². The van der Waals surface area contributed by atoms with Gasteiger partial charge in [0.15, 0.2) is 5.78 Å². The maximum absolute atomic E-state index is 12.0. The van der Waals surface area contributed by atoms with E-state index >= 15 is 0 Å². The SMILES string of the molecule is CC12CC(Br)C(C(Cl)C1=O)C2(C)CCl. The number of fused-ring (bicyclic) bond motifs is 2. The van der Waals surface area contributed by atoms with E-state index in [-0.39, 0.29) is 27.9 Å². The van der Waals surface area contributed by atoms with Crippen molar-refractivity contribution in [2.24, 2.45) is 16.7 Å². The van der Waals surface area contributed by atoms with Crippen molar-refractivity contribution >= 4 is 44.9 Å². The molecule has 14 heavy (non-hydrogen) atoms. The third-order valence-corrected chi connectivity index (χ3v) is 6.29. The zero-order chi connectivity index (χ0) is 10.7. The number of Topliss-reactive ketones (excluding diaryl/α,β-unsaturated/α-hetero) is 1. The van der Waals surface area contributed by atoms with E-state index in [2.05, 4.69) is 22.9 Å². The molecule has 5 atom stereocenters. The summed E-state index contributed by atoms with van der Waals surface area (Å²) in [6.07, 6.45) is 0.864. The molecule has 0 saturated heterocycles. The van der Waals surface area contributed by atoms with Gasteiger partial charge in [-0.05, 0) is 11.8 Å². The lowest BCUT2D eigenvalue weighted by atomic mass is 9.70. The third kappa shape index (κ3) is 1.01. The van der Waals surface area contributed by atoms with E-state index in [1.54, 1.807) is 0 Å². The quantitative estimate of drug-likeness (QED) is 0.680. The number of halogens is 3. The van der Waals surface area contributed by atoms with Crippen LogP contribution in [-0.2, 0) is 4.79 Å². The van der Waals surface area contributed by atoms with Gasteiger partial charge in [0.2, 0.25) is 0 Å². The van der Waals surface area contributed by atoms with Crippen LogP contribution in [0.3, 0.4) is 0 Å². The fourth-order valence-corrected chi connectivity index (χ4v) is 5.99. The lowest BCUT2D eigenvalue weighted by Gasteiger charge is -2.34. The maximum atomic E-state index is 12.0. The molecule has 1 nitrogen and oxygen atoms in total. The molecule has 0 spiro atoms. The number of hydrogen-bond acceptors (Lipinski definition) is 1. The highest BCUT2D eigenvalue weighted by Crippen LogP contribution is 2.66. The Morgan fingerprint density at radius 2 is 2.14 bits per heavy atom. The molecule has 2 saturated carbocycles. The molecule has 0 aromatic heterocycles. The molecule has 2 bridgehead atoms. The van der Waals surface area contributed by atoms with Crippen molar-refractivity contribution in [3.8, 4) is 0 Å². The lowest BCUT2D eigenvalue weighted by molar-refractivity contribution is -0.127. The van der Waals surface area contributed by atoms with Crippen LogP contribution in [0.15, 0.2) is 0 Å². The number of hydrogen-bond donors (Lipinski definition) is 0. The van der Waals surface area contributed by atoms with Crippen LogP contribution in [0.4, 0.5) is 0 Å². The van der Waals surface area contributed by atoms with Crippen molar-refractivity contribution < 1.29 is 4.79 Å². The zero-order valence-electron chi connectivity index (χ0n) is 8.19. The lowest BCUT2D eigenvalue weighted by Crippen LogP contribution is -2.37. The molecule has 0 heterocycles. The zero-order valence-corrected chi connectivity index (χ0v) is 11.3. The van der Waals surface area contributed by atoms with Gasteiger partial charge >= 0.3 is 0 Å². The Labute approximate surface area is 103 Å². The first-order chi connectivity index (χ1) is 6.38. The molecule has 4 heteroatoms. The normalized spacial score (nSPS) is 56.9. The molecule has 0 aromatic rings. The molecule has 2 aliphatic rings. The minimum atomic E-state index is -0.359. The van der Waals surface area contributed by atoms with Gasteiger partial charge in [0.1, 0.15) is 0 Å². The van der Waals surface area contributed by atoms with E-state index in [0.29, 0.717) is 10.7 Å². The number of rotatable bonds is 1. The summed E-state index contributed by atoms with van der Waals surface area (Å²) in [5.74, 6) is 0.868. The van der Waals surface area contributed by atoms with Crippen molar-refractivity contribution in [2.75, 3.05) is 5.88 Å². The molecule has 2 rings (SSSR count). The van der Waals surface area contributed by atoms with E-state index in [4.69, 9.17) is 23.2 Å².